The van der Waals surface area contributed by atoms with Crippen molar-refractivity contribution < 1.29 is 9.13 Å². The van der Waals surface area contributed by atoms with E-state index in [0.29, 0.717) is 50.5 Å². The zero-order valence-electron chi connectivity index (χ0n) is 26.4. The van der Waals surface area contributed by atoms with Crippen LogP contribution in [0.4, 0.5) is 15.8 Å². The minimum atomic E-state index is -0.623. The molecular weight excluding hydrogens is 674 g/mol. The molecule has 0 radical (unpaired) electrons. The summed E-state index contributed by atoms with van der Waals surface area (Å²) in [7, 11) is 0. The highest BCUT2D eigenvalue weighted by molar-refractivity contribution is 6.42. The van der Waals surface area contributed by atoms with E-state index in [1.807, 2.05) is 37.3 Å². The van der Waals surface area contributed by atoms with Gasteiger partial charge in [0, 0.05) is 49.1 Å². The molecule has 2 aromatic carbocycles. The lowest BCUT2D eigenvalue weighted by Gasteiger charge is -2.42. The largest absolute Gasteiger partial charge is 0.379 e. The van der Waals surface area contributed by atoms with Gasteiger partial charge < -0.3 is 20.8 Å². The Morgan fingerprint density at radius 1 is 1.17 bits per heavy atom. The van der Waals surface area contributed by atoms with Crippen LogP contribution in [0.25, 0.3) is 10.9 Å². The molecule has 3 aromatic rings. The molecule has 3 aliphatic rings. The second-order valence-electron chi connectivity index (χ2n) is 12.0. The molecule has 13 heteroatoms. The van der Waals surface area contributed by atoms with Gasteiger partial charge in [-0.1, -0.05) is 65.7 Å². The van der Waals surface area contributed by atoms with Crippen LogP contribution in [0.15, 0.2) is 78.8 Å². The number of hydrogen-bond donors (Lipinski definition) is 4. The minimum absolute atomic E-state index is 0.106. The van der Waals surface area contributed by atoms with Gasteiger partial charge in [-0.15, -0.1) is 5.53 Å². The first kappa shape index (κ1) is 34.1. The van der Waals surface area contributed by atoms with Gasteiger partial charge in [-0.2, -0.15) is 5.26 Å². The predicted octanol–water partition coefficient (Wildman–Crippen LogP) is 7.32. The van der Waals surface area contributed by atoms with E-state index in [4.69, 9.17) is 39.5 Å². The smallest absolute Gasteiger partial charge is 0.143 e. The summed E-state index contributed by atoms with van der Waals surface area (Å²) in [5, 5.41) is 20.0. The summed E-state index contributed by atoms with van der Waals surface area (Å²) in [6, 6.07) is 9.31. The average Bonchev–Trinajstić information content (AvgIpc) is 3.54. The molecule has 250 valence electrons. The number of piperidine rings is 1. The Morgan fingerprint density at radius 3 is 2.65 bits per heavy atom. The van der Waals surface area contributed by atoms with E-state index in [2.05, 4.69) is 55.3 Å². The van der Waals surface area contributed by atoms with Crippen molar-refractivity contribution >= 4 is 57.1 Å². The maximum atomic E-state index is 14.3. The number of hydrazine groups is 2. The highest BCUT2D eigenvalue weighted by Crippen LogP contribution is 2.35. The van der Waals surface area contributed by atoms with Crippen molar-refractivity contribution in [3.63, 3.8) is 0 Å². The SMILES string of the molecule is C=C(/C=C\C=C/C)[C@H](Nc1cc(Cl)c2ncc(C#N)c(NCc3cc(F)c(Cl)c(Cl)c3)c2c1)C1=CN(C2CCN(C3COC3)CC2)NN1. The predicted molar refractivity (Wildman–Crippen MR) is 191 cm³/mol. The quantitative estimate of drug-likeness (QED) is 0.121. The van der Waals surface area contributed by atoms with Crippen molar-refractivity contribution in [2.45, 2.75) is 44.4 Å². The van der Waals surface area contributed by atoms with Crippen molar-refractivity contribution in [2.75, 3.05) is 36.9 Å². The van der Waals surface area contributed by atoms with Crippen LogP contribution in [0.3, 0.4) is 0 Å². The van der Waals surface area contributed by atoms with Gasteiger partial charge in [0.1, 0.15) is 11.9 Å². The maximum absolute atomic E-state index is 14.3. The highest BCUT2D eigenvalue weighted by Gasteiger charge is 2.33. The van der Waals surface area contributed by atoms with Crippen LogP contribution in [0.1, 0.15) is 30.9 Å². The second-order valence-corrected chi connectivity index (χ2v) is 13.2. The van der Waals surface area contributed by atoms with Gasteiger partial charge in [-0.05, 0) is 55.2 Å². The fourth-order valence-electron chi connectivity index (χ4n) is 6.09. The maximum Gasteiger partial charge on any atom is 0.143 e. The molecule has 0 saturated carbocycles. The van der Waals surface area contributed by atoms with Gasteiger partial charge in [0.05, 0.1) is 62.8 Å². The number of allylic oxidation sites excluding steroid dienone is 3. The Bertz CT molecular complexity index is 1810. The number of nitrogens with one attached hydrogen (secondary N) is 4. The Balaban J connectivity index is 1.28. The number of benzene rings is 2. The highest BCUT2D eigenvalue weighted by atomic mass is 35.5. The number of pyridine rings is 1. The summed E-state index contributed by atoms with van der Waals surface area (Å²) in [6.45, 7) is 10.2. The summed E-state index contributed by atoms with van der Waals surface area (Å²) >= 11 is 18.8. The van der Waals surface area contributed by atoms with Crippen molar-refractivity contribution in [3.8, 4) is 6.07 Å². The molecule has 4 heterocycles. The number of rotatable bonds is 11. The van der Waals surface area contributed by atoms with E-state index in [0.717, 1.165) is 50.4 Å². The lowest BCUT2D eigenvalue weighted by atomic mass is 10.0. The Kier molecular flexibility index (Phi) is 10.8. The number of nitriles is 1. The van der Waals surface area contributed by atoms with Crippen LogP contribution in [-0.4, -0.2) is 59.3 Å². The first-order valence-corrected chi connectivity index (χ1v) is 16.9. The van der Waals surface area contributed by atoms with Crippen molar-refractivity contribution in [3.05, 3.63) is 111 Å². The fraction of sp³-hybridized carbons (Fsp3) is 0.314. The summed E-state index contributed by atoms with van der Waals surface area (Å²) in [5.74, 6) is -0.623. The molecule has 2 fully saturated rings. The number of ether oxygens (including phenoxy) is 1. The second kappa shape index (κ2) is 15.2. The van der Waals surface area contributed by atoms with E-state index < -0.39 is 5.82 Å². The number of halogens is 4. The van der Waals surface area contributed by atoms with Crippen LogP contribution in [0.5, 0.6) is 0 Å². The average molecular weight is 710 g/mol. The summed E-state index contributed by atoms with van der Waals surface area (Å²) < 4.78 is 19.7. The van der Waals surface area contributed by atoms with Crippen molar-refractivity contribution in [1.29, 1.82) is 5.26 Å². The molecule has 2 saturated heterocycles. The lowest BCUT2D eigenvalue weighted by Crippen LogP contribution is -2.55. The number of aromatic nitrogens is 1. The number of anilines is 2. The molecule has 0 unspecified atom stereocenters. The first-order chi connectivity index (χ1) is 23.2. The standard InChI is InChI=1S/C35H36Cl3FN8O/c1-3-4-5-6-21(2)33(31-18-47(45-44-31)25-7-9-46(10-8-25)26-19-48-20-26)43-24-13-27-34(23(15-40)17-42-35(27)29(37)14-24)41-16-22-11-28(36)32(38)30(39)12-22/h3-6,11-14,17-18,25-26,33,43-45H,2,7-10,16,19-20H2,1H3,(H,41,42)/b4-3-,6-5-/t33-/m0/s1. The van der Waals surface area contributed by atoms with Gasteiger partial charge in [0.15, 0.2) is 0 Å². The molecule has 0 bridgehead atoms. The number of likely N-dealkylation sites (tertiary alicyclic amines) is 1. The van der Waals surface area contributed by atoms with Crippen LogP contribution in [0, 0.1) is 17.1 Å². The van der Waals surface area contributed by atoms with Crippen LogP contribution in [0.2, 0.25) is 15.1 Å². The Labute approximate surface area is 294 Å². The van der Waals surface area contributed by atoms with Crippen LogP contribution < -0.4 is 21.6 Å². The number of hydrogen-bond acceptors (Lipinski definition) is 9. The van der Waals surface area contributed by atoms with Gasteiger partial charge in [0.25, 0.3) is 0 Å². The monoisotopic (exact) mass is 708 g/mol. The molecular formula is C35H36Cl3FN8O. The molecule has 3 aliphatic heterocycles. The van der Waals surface area contributed by atoms with E-state index in [1.54, 1.807) is 12.1 Å². The topological polar surface area (TPSA) is 101 Å². The van der Waals surface area contributed by atoms with Crippen LogP contribution >= 0.6 is 34.8 Å². The zero-order valence-corrected chi connectivity index (χ0v) is 28.6. The van der Waals surface area contributed by atoms with Gasteiger partial charge in [0.2, 0.25) is 0 Å². The molecule has 6 rings (SSSR count). The van der Waals surface area contributed by atoms with E-state index >= 15 is 0 Å². The van der Waals surface area contributed by atoms with Crippen LogP contribution in [-0.2, 0) is 11.3 Å². The molecule has 0 amide bonds. The number of fused-ring (bicyclic) bond motifs is 1. The van der Waals surface area contributed by atoms with Gasteiger partial charge >= 0.3 is 0 Å². The third-order valence-electron chi connectivity index (χ3n) is 8.80. The summed E-state index contributed by atoms with van der Waals surface area (Å²) in [5.41, 5.74) is 11.0. The molecule has 9 nitrogen and oxygen atoms in total. The van der Waals surface area contributed by atoms with Crippen molar-refractivity contribution in [1.82, 2.24) is 25.9 Å². The van der Waals surface area contributed by atoms with E-state index in [1.165, 1.54) is 12.3 Å². The molecule has 48 heavy (non-hydrogen) atoms. The Morgan fingerprint density at radius 2 is 1.96 bits per heavy atom. The third kappa shape index (κ3) is 7.42. The molecule has 1 aromatic heterocycles. The Hall–Kier alpha value is -3.82. The first-order valence-electron chi connectivity index (χ1n) is 15.7. The number of nitrogens with zero attached hydrogens (tertiary/aromatic N) is 4. The summed E-state index contributed by atoms with van der Waals surface area (Å²) in [6.07, 6.45) is 13.4. The summed E-state index contributed by atoms with van der Waals surface area (Å²) in [4.78, 5) is 6.99. The normalized spacial score (nSPS) is 18.2. The van der Waals surface area contributed by atoms with Gasteiger partial charge in [-0.25, -0.2) is 4.39 Å². The van der Waals surface area contributed by atoms with Crippen molar-refractivity contribution in [2.24, 2.45) is 0 Å². The van der Waals surface area contributed by atoms with E-state index in [-0.39, 0.29) is 22.6 Å². The van der Waals surface area contributed by atoms with E-state index in [9.17, 15) is 9.65 Å². The lowest BCUT2D eigenvalue weighted by molar-refractivity contribution is -0.0760. The zero-order chi connectivity index (χ0) is 33.8. The molecule has 4 N–H and O–H groups in total. The fourth-order valence-corrected chi connectivity index (χ4v) is 6.70. The van der Waals surface area contributed by atoms with Gasteiger partial charge in [-0.3, -0.25) is 14.9 Å². The third-order valence-corrected chi connectivity index (χ3v) is 9.87. The minimum Gasteiger partial charge on any atom is -0.379 e. The molecule has 1 atom stereocenters. The molecule has 0 spiro atoms. The molecule has 0 aliphatic carbocycles.